The van der Waals surface area contributed by atoms with Crippen molar-refractivity contribution < 1.29 is 4.79 Å². The second-order valence-corrected chi connectivity index (χ2v) is 6.54. The van der Waals surface area contributed by atoms with E-state index in [2.05, 4.69) is 15.3 Å². The molecule has 7 nitrogen and oxygen atoms in total. The van der Waals surface area contributed by atoms with Gasteiger partial charge in [0.05, 0.1) is 17.0 Å². The second-order valence-electron chi connectivity index (χ2n) is 6.54. The molecule has 2 aromatic heterocycles. The largest absolute Gasteiger partial charge is 0.339 e. The standard InChI is InChI=1S/C17H23N5O2/c1-11-4-5-15(23)22(20-11)10-14-6-8-21(9-7-14)17(24)16-12(2)18-19-13(16)3/h4-5,14H,6-10H2,1-3H3,(H,18,19). The van der Waals surface area contributed by atoms with Crippen molar-refractivity contribution in [3.05, 3.63) is 45.1 Å². The Morgan fingerprint density at radius 3 is 2.58 bits per heavy atom. The number of aryl methyl sites for hydroxylation is 3. The molecule has 7 heteroatoms. The number of aromatic amines is 1. The number of likely N-dealkylation sites (tertiary alicyclic amines) is 1. The normalized spacial score (nSPS) is 15.7. The van der Waals surface area contributed by atoms with Crippen LogP contribution in [0.1, 0.15) is 40.3 Å². The highest BCUT2D eigenvalue weighted by Crippen LogP contribution is 2.21. The van der Waals surface area contributed by atoms with Crippen molar-refractivity contribution in [2.75, 3.05) is 13.1 Å². The lowest BCUT2D eigenvalue weighted by Gasteiger charge is -2.32. The maximum Gasteiger partial charge on any atom is 0.266 e. The minimum atomic E-state index is -0.0660. The third-order valence-corrected chi connectivity index (χ3v) is 4.67. The topological polar surface area (TPSA) is 83.9 Å². The van der Waals surface area contributed by atoms with E-state index in [1.54, 1.807) is 16.8 Å². The first-order chi connectivity index (χ1) is 11.5. The molecule has 1 saturated heterocycles. The quantitative estimate of drug-likeness (QED) is 0.923. The van der Waals surface area contributed by atoms with E-state index in [-0.39, 0.29) is 11.5 Å². The number of piperidine rings is 1. The van der Waals surface area contributed by atoms with Gasteiger partial charge in [-0.2, -0.15) is 10.2 Å². The summed E-state index contributed by atoms with van der Waals surface area (Å²) in [7, 11) is 0. The van der Waals surface area contributed by atoms with Gasteiger partial charge in [-0.15, -0.1) is 0 Å². The molecule has 24 heavy (non-hydrogen) atoms. The first-order valence-electron chi connectivity index (χ1n) is 8.31. The maximum absolute atomic E-state index is 12.7. The Morgan fingerprint density at radius 2 is 1.96 bits per heavy atom. The van der Waals surface area contributed by atoms with Crippen LogP contribution in [0.3, 0.4) is 0 Å². The van der Waals surface area contributed by atoms with E-state index in [1.165, 1.54) is 0 Å². The summed E-state index contributed by atoms with van der Waals surface area (Å²) >= 11 is 0. The van der Waals surface area contributed by atoms with Crippen molar-refractivity contribution in [1.29, 1.82) is 0 Å². The van der Waals surface area contributed by atoms with E-state index in [0.29, 0.717) is 31.1 Å². The van der Waals surface area contributed by atoms with Crippen LogP contribution in [0.15, 0.2) is 16.9 Å². The van der Waals surface area contributed by atoms with Gasteiger partial charge in [0, 0.05) is 31.4 Å². The number of nitrogens with one attached hydrogen (secondary N) is 1. The van der Waals surface area contributed by atoms with Crippen LogP contribution in [0, 0.1) is 26.7 Å². The molecule has 1 amide bonds. The minimum Gasteiger partial charge on any atom is -0.339 e. The molecular weight excluding hydrogens is 306 g/mol. The number of H-pyrrole nitrogens is 1. The molecule has 1 N–H and O–H groups in total. The summed E-state index contributed by atoms with van der Waals surface area (Å²) in [4.78, 5) is 26.4. The molecule has 128 valence electrons. The van der Waals surface area contributed by atoms with Crippen LogP contribution >= 0.6 is 0 Å². The van der Waals surface area contributed by atoms with E-state index < -0.39 is 0 Å². The zero-order valence-electron chi connectivity index (χ0n) is 14.4. The first kappa shape index (κ1) is 16.4. The van der Waals surface area contributed by atoms with E-state index in [9.17, 15) is 9.59 Å². The van der Waals surface area contributed by atoms with E-state index in [4.69, 9.17) is 0 Å². The van der Waals surface area contributed by atoms with Crippen LogP contribution in [0.4, 0.5) is 0 Å². The number of nitrogens with zero attached hydrogens (tertiary/aromatic N) is 4. The predicted octanol–water partition coefficient (Wildman–Crippen LogP) is 1.44. The third kappa shape index (κ3) is 3.25. The molecule has 3 rings (SSSR count). The summed E-state index contributed by atoms with van der Waals surface area (Å²) in [6.07, 6.45) is 1.76. The van der Waals surface area contributed by atoms with Gasteiger partial charge in [0.1, 0.15) is 0 Å². The Balaban J connectivity index is 1.63. The number of amides is 1. The summed E-state index contributed by atoms with van der Waals surface area (Å²) in [5, 5.41) is 11.3. The molecule has 0 saturated carbocycles. The SMILES string of the molecule is Cc1ccc(=O)n(CC2CCN(C(=O)c3c(C)n[nH]c3C)CC2)n1. The average Bonchev–Trinajstić information content (AvgIpc) is 2.90. The van der Waals surface area contributed by atoms with Gasteiger partial charge in [-0.05, 0) is 45.6 Å². The zero-order chi connectivity index (χ0) is 17.3. The monoisotopic (exact) mass is 329 g/mol. The maximum atomic E-state index is 12.7. The molecule has 0 spiro atoms. The first-order valence-corrected chi connectivity index (χ1v) is 8.31. The molecule has 0 atom stereocenters. The Labute approximate surface area is 140 Å². The summed E-state index contributed by atoms with van der Waals surface area (Å²) in [6.45, 7) is 7.62. The fourth-order valence-corrected chi connectivity index (χ4v) is 3.27. The smallest absolute Gasteiger partial charge is 0.266 e. The predicted molar refractivity (Wildman–Crippen MR) is 89.9 cm³/mol. The van der Waals surface area contributed by atoms with Crippen molar-refractivity contribution in [3.8, 4) is 0 Å². The van der Waals surface area contributed by atoms with Gasteiger partial charge < -0.3 is 4.90 Å². The van der Waals surface area contributed by atoms with E-state index in [0.717, 1.165) is 29.9 Å². The average molecular weight is 329 g/mol. The highest BCUT2D eigenvalue weighted by Gasteiger charge is 2.27. The number of carbonyl (C=O) groups is 1. The van der Waals surface area contributed by atoms with Crippen molar-refractivity contribution >= 4 is 5.91 Å². The van der Waals surface area contributed by atoms with Gasteiger partial charge in [-0.3, -0.25) is 14.7 Å². The Bertz CT molecular complexity index is 780. The highest BCUT2D eigenvalue weighted by molar-refractivity contribution is 5.96. The van der Waals surface area contributed by atoms with Crippen LogP contribution in [-0.4, -0.2) is 43.9 Å². The van der Waals surface area contributed by atoms with Gasteiger partial charge in [-0.25, -0.2) is 4.68 Å². The van der Waals surface area contributed by atoms with Crippen LogP contribution in [0.25, 0.3) is 0 Å². The Morgan fingerprint density at radius 1 is 1.25 bits per heavy atom. The fourth-order valence-electron chi connectivity index (χ4n) is 3.27. The van der Waals surface area contributed by atoms with Gasteiger partial charge in [0.2, 0.25) is 0 Å². The van der Waals surface area contributed by atoms with E-state index in [1.807, 2.05) is 25.7 Å². The van der Waals surface area contributed by atoms with Crippen molar-refractivity contribution in [2.24, 2.45) is 5.92 Å². The summed E-state index contributed by atoms with van der Waals surface area (Å²) in [5.41, 5.74) is 3.02. The third-order valence-electron chi connectivity index (χ3n) is 4.67. The number of hydrogen-bond donors (Lipinski definition) is 1. The molecule has 1 aliphatic heterocycles. The number of rotatable bonds is 3. The van der Waals surface area contributed by atoms with Gasteiger partial charge in [-0.1, -0.05) is 0 Å². The molecule has 2 aromatic rings. The second kappa shape index (κ2) is 6.59. The number of hydrogen-bond acceptors (Lipinski definition) is 4. The van der Waals surface area contributed by atoms with Crippen LogP contribution in [0.5, 0.6) is 0 Å². The van der Waals surface area contributed by atoms with Crippen molar-refractivity contribution in [1.82, 2.24) is 24.9 Å². The lowest BCUT2D eigenvalue weighted by molar-refractivity contribution is 0.0679. The molecule has 0 aliphatic carbocycles. The van der Waals surface area contributed by atoms with Crippen LogP contribution in [0.2, 0.25) is 0 Å². The summed E-state index contributed by atoms with van der Waals surface area (Å²) in [6, 6.07) is 3.29. The minimum absolute atomic E-state index is 0.0445. The Hall–Kier alpha value is -2.44. The molecule has 0 radical (unpaired) electrons. The molecular formula is C17H23N5O2. The fraction of sp³-hybridized carbons (Fsp3) is 0.529. The number of carbonyl (C=O) groups excluding carboxylic acids is 1. The lowest BCUT2D eigenvalue weighted by atomic mass is 9.96. The molecule has 0 unspecified atom stereocenters. The summed E-state index contributed by atoms with van der Waals surface area (Å²) < 4.78 is 1.54. The molecule has 0 aromatic carbocycles. The molecule has 0 bridgehead atoms. The van der Waals surface area contributed by atoms with Gasteiger partial charge in [0.25, 0.3) is 11.5 Å². The molecule has 1 fully saturated rings. The molecule has 3 heterocycles. The van der Waals surface area contributed by atoms with Gasteiger partial charge >= 0.3 is 0 Å². The highest BCUT2D eigenvalue weighted by atomic mass is 16.2. The van der Waals surface area contributed by atoms with Crippen LogP contribution < -0.4 is 5.56 Å². The van der Waals surface area contributed by atoms with E-state index >= 15 is 0 Å². The van der Waals surface area contributed by atoms with Crippen molar-refractivity contribution in [2.45, 2.75) is 40.2 Å². The number of aromatic nitrogens is 4. The Kier molecular flexibility index (Phi) is 4.51. The van der Waals surface area contributed by atoms with Crippen LogP contribution in [-0.2, 0) is 6.54 Å². The summed E-state index contributed by atoms with van der Waals surface area (Å²) in [5.74, 6) is 0.413. The van der Waals surface area contributed by atoms with Crippen molar-refractivity contribution in [3.63, 3.8) is 0 Å². The van der Waals surface area contributed by atoms with Gasteiger partial charge in [0.15, 0.2) is 0 Å². The lowest BCUT2D eigenvalue weighted by Crippen LogP contribution is -2.40. The molecule has 1 aliphatic rings. The zero-order valence-corrected chi connectivity index (χ0v) is 14.4.